The zero-order valence-corrected chi connectivity index (χ0v) is 6.84. The van der Waals surface area contributed by atoms with Gasteiger partial charge >= 0.3 is 11.9 Å². The molecule has 1 aliphatic rings. The van der Waals surface area contributed by atoms with E-state index in [1.54, 1.807) is 0 Å². The summed E-state index contributed by atoms with van der Waals surface area (Å²) < 4.78 is 29.4. The topological polar surface area (TPSA) is 63.6 Å². The number of halogens is 2. The van der Waals surface area contributed by atoms with E-state index in [1.165, 1.54) is 0 Å². The molecule has 0 spiro atoms. The van der Waals surface area contributed by atoms with Gasteiger partial charge in [0.1, 0.15) is 6.61 Å². The molecule has 1 N–H and O–H groups in total. The molecular weight excluding hydrogens is 186 g/mol. The predicted molar refractivity (Wildman–Crippen MR) is 36.3 cm³/mol. The van der Waals surface area contributed by atoms with Crippen molar-refractivity contribution in [2.24, 2.45) is 5.41 Å². The van der Waals surface area contributed by atoms with Crippen molar-refractivity contribution in [2.75, 3.05) is 6.61 Å². The van der Waals surface area contributed by atoms with Gasteiger partial charge in [-0.15, -0.1) is 0 Å². The molecule has 0 amide bonds. The number of rotatable bonds is 3. The molecule has 0 radical (unpaired) electrons. The minimum Gasteiger partial charge on any atom is -0.481 e. The molecule has 1 saturated carbocycles. The standard InChI is InChI=1S/C7H8F2O4/c1-4(10)13-3-6(5(11)12)2-7(6,8)9/h2-3H2,1H3,(H,11,12). The Labute approximate surface area is 72.5 Å². The first-order valence-electron chi connectivity index (χ1n) is 3.56. The number of carbonyl (C=O) groups excluding carboxylic acids is 1. The highest BCUT2D eigenvalue weighted by Gasteiger charge is 2.77. The van der Waals surface area contributed by atoms with E-state index in [0.717, 1.165) is 6.92 Å². The van der Waals surface area contributed by atoms with E-state index in [4.69, 9.17) is 5.11 Å². The van der Waals surface area contributed by atoms with Crippen molar-refractivity contribution in [1.29, 1.82) is 0 Å². The third-order valence-corrected chi connectivity index (χ3v) is 2.03. The molecule has 1 unspecified atom stereocenters. The highest BCUT2D eigenvalue weighted by Crippen LogP contribution is 2.60. The Bertz CT molecular complexity index is 263. The zero-order valence-electron chi connectivity index (χ0n) is 6.84. The molecule has 1 aliphatic carbocycles. The maximum absolute atomic E-state index is 12.6. The van der Waals surface area contributed by atoms with Crippen LogP contribution in [0.5, 0.6) is 0 Å². The van der Waals surface area contributed by atoms with Crippen LogP contribution in [0.2, 0.25) is 0 Å². The quantitative estimate of drug-likeness (QED) is 0.670. The molecule has 0 bridgehead atoms. The number of aliphatic carboxylic acids is 1. The fourth-order valence-electron chi connectivity index (χ4n) is 1.01. The van der Waals surface area contributed by atoms with Crippen LogP contribution >= 0.6 is 0 Å². The molecule has 1 atom stereocenters. The lowest BCUT2D eigenvalue weighted by Crippen LogP contribution is -2.28. The van der Waals surface area contributed by atoms with E-state index >= 15 is 0 Å². The highest BCUT2D eigenvalue weighted by atomic mass is 19.3. The molecule has 74 valence electrons. The van der Waals surface area contributed by atoms with E-state index in [9.17, 15) is 18.4 Å². The summed E-state index contributed by atoms with van der Waals surface area (Å²) in [6, 6.07) is 0. The molecule has 0 aromatic carbocycles. The maximum atomic E-state index is 12.6. The van der Waals surface area contributed by atoms with Crippen molar-refractivity contribution >= 4 is 11.9 Å². The predicted octanol–water partition coefficient (Wildman–Crippen LogP) is 0.659. The van der Waals surface area contributed by atoms with Crippen LogP contribution in [-0.2, 0) is 14.3 Å². The summed E-state index contributed by atoms with van der Waals surface area (Å²) in [6.45, 7) is 0.279. The number of ether oxygens (including phenoxy) is 1. The van der Waals surface area contributed by atoms with Gasteiger partial charge in [-0.1, -0.05) is 0 Å². The van der Waals surface area contributed by atoms with Gasteiger partial charge in [0, 0.05) is 13.3 Å². The van der Waals surface area contributed by atoms with Gasteiger partial charge < -0.3 is 9.84 Å². The van der Waals surface area contributed by atoms with Gasteiger partial charge in [-0.3, -0.25) is 9.59 Å². The largest absolute Gasteiger partial charge is 0.481 e. The molecule has 0 heterocycles. The van der Waals surface area contributed by atoms with E-state index < -0.39 is 36.3 Å². The van der Waals surface area contributed by atoms with Gasteiger partial charge in [0.2, 0.25) is 0 Å². The molecule has 13 heavy (non-hydrogen) atoms. The summed E-state index contributed by atoms with van der Waals surface area (Å²) in [4.78, 5) is 20.7. The molecule has 1 rings (SSSR count). The molecular formula is C7H8F2O4. The Morgan fingerprint density at radius 1 is 1.54 bits per heavy atom. The van der Waals surface area contributed by atoms with Crippen LogP contribution in [0.4, 0.5) is 8.78 Å². The minimum atomic E-state index is -3.26. The molecule has 0 aromatic heterocycles. The van der Waals surface area contributed by atoms with Crippen molar-refractivity contribution in [3.63, 3.8) is 0 Å². The van der Waals surface area contributed by atoms with Crippen molar-refractivity contribution in [3.05, 3.63) is 0 Å². The number of esters is 1. The van der Waals surface area contributed by atoms with Gasteiger partial charge in [0.25, 0.3) is 5.92 Å². The van der Waals surface area contributed by atoms with Crippen LogP contribution < -0.4 is 0 Å². The number of hydrogen-bond donors (Lipinski definition) is 1. The van der Waals surface area contributed by atoms with Gasteiger partial charge in [0.15, 0.2) is 5.41 Å². The summed E-state index contributed by atoms with van der Waals surface area (Å²) in [5.41, 5.74) is -2.18. The first-order chi connectivity index (χ1) is 5.82. The molecule has 0 saturated heterocycles. The molecule has 4 nitrogen and oxygen atoms in total. The fourth-order valence-corrected chi connectivity index (χ4v) is 1.01. The summed E-state index contributed by atoms with van der Waals surface area (Å²) in [5.74, 6) is -5.64. The normalized spacial score (nSPS) is 29.5. The second-order valence-electron chi connectivity index (χ2n) is 3.05. The average Bonchev–Trinajstić information content (AvgIpc) is 2.51. The van der Waals surface area contributed by atoms with Crippen molar-refractivity contribution in [3.8, 4) is 0 Å². The van der Waals surface area contributed by atoms with E-state index in [2.05, 4.69) is 4.74 Å². The van der Waals surface area contributed by atoms with Crippen LogP contribution in [0, 0.1) is 5.41 Å². The van der Waals surface area contributed by atoms with Crippen LogP contribution in [0.25, 0.3) is 0 Å². The summed E-state index contributed by atoms with van der Waals surface area (Å²) >= 11 is 0. The van der Waals surface area contributed by atoms with E-state index in [-0.39, 0.29) is 0 Å². The van der Waals surface area contributed by atoms with Gasteiger partial charge in [0.05, 0.1) is 0 Å². The lowest BCUT2D eigenvalue weighted by molar-refractivity contribution is -0.156. The zero-order chi connectivity index (χ0) is 10.3. The van der Waals surface area contributed by atoms with Crippen LogP contribution in [0.15, 0.2) is 0 Å². The number of alkyl halides is 2. The highest BCUT2D eigenvalue weighted by molar-refractivity contribution is 5.81. The second kappa shape index (κ2) is 2.65. The molecule has 1 fully saturated rings. The lowest BCUT2D eigenvalue weighted by Gasteiger charge is -2.10. The summed E-state index contributed by atoms with van der Waals surface area (Å²) in [6.07, 6.45) is -0.761. The van der Waals surface area contributed by atoms with E-state index in [1.807, 2.05) is 0 Å². The number of carbonyl (C=O) groups is 2. The third kappa shape index (κ3) is 1.48. The Hall–Kier alpha value is -1.20. The smallest absolute Gasteiger partial charge is 0.319 e. The van der Waals surface area contributed by atoms with Crippen molar-refractivity contribution < 1.29 is 28.2 Å². The third-order valence-electron chi connectivity index (χ3n) is 2.03. The maximum Gasteiger partial charge on any atom is 0.319 e. The monoisotopic (exact) mass is 194 g/mol. The Morgan fingerprint density at radius 2 is 2.00 bits per heavy atom. The summed E-state index contributed by atoms with van der Waals surface area (Å²) in [5, 5.41) is 8.48. The minimum absolute atomic E-state index is 0.759. The Balaban J connectivity index is 2.63. The van der Waals surface area contributed by atoms with E-state index in [0.29, 0.717) is 0 Å². The number of carboxylic acids is 1. The van der Waals surface area contributed by atoms with Gasteiger partial charge in [-0.25, -0.2) is 8.78 Å². The van der Waals surface area contributed by atoms with Gasteiger partial charge in [-0.2, -0.15) is 0 Å². The van der Waals surface area contributed by atoms with Crippen LogP contribution in [0.1, 0.15) is 13.3 Å². The fraction of sp³-hybridized carbons (Fsp3) is 0.714. The van der Waals surface area contributed by atoms with Crippen molar-refractivity contribution in [1.82, 2.24) is 0 Å². The average molecular weight is 194 g/mol. The lowest BCUT2D eigenvalue weighted by atomic mass is 10.1. The SMILES string of the molecule is CC(=O)OCC1(C(=O)O)CC1(F)F. The first kappa shape index (κ1) is 9.88. The summed E-state index contributed by atoms with van der Waals surface area (Å²) in [7, 11) is 0. The van der Waals surface area contributed by atoms with Crippen LogP contribution in [-0.4, -0.2) is 29.6 Å². The van der Waals surface area contributed by atoms with Crippen molar-refractivity contribution in [2.45, 2.75) is 19.3 Å². The first-order valence-corrected chi connectivity index (χ1v) is 3.56. The van der Waals surface area contributed by atoms with Crippen LogP contribution in [0.3, 0.4) is 0 Å². The molecule has 6 heteroatoms. The van der Waals surface area contributed by atoms with Gasteiger partial charge in [-0.05, 0) is 0 Å². The number of carboxylic acid groups (broad SMARTS) is 1. The second-order valence-corrected chi connectivity index (χ2v) is 3.05. The Morgan fingerprint density at radius 3 is 2.23 bits per heavy atom. The number of hydrogen-bond acceptors (Lipinski definition) is 3. The molecule has 0 aromatic rings. The Kier molecular flexibility index (Phi) is 2.01. The molecule has 0 aliphatic heterocycles.